The highest BCUT2D eigenvalue weighted by Gasteiger charge is 2.27. The number of sulfonamides is 1. The summed E-state index contributed by atoms with van der Waals surface area (Å²) in [6, 6.07) is 3.71. The number of nitrogens with zero attached hydrogens (tertiary/aromatic N) is 1. The van der Waals surface area contributed by atoms with Gasteiger partial charge in [-0.2, -0.15) is 4.31 Å². The van der Waals surface area contributed by atoms with Gasteiger partial charge in [-0.05, 0) is 29.7 Å². The van der Waals surface area contributed by atoms with E-state index in [1.54, 1.807) is 14.2 Å². The summed E-state index contributed by atoms with van der Waals surface area (Å²) in [6.07, 6.45) is 0.786. The number of carbonyl (C=O) groups excluding carboxylic acids is 1. The summed E-state index contributed by atoms with van der Waals surface area (Å²) < 4.78 is 37.0. The molecule has 0 fully saturated rings. The number of hydrogen-bond donors (Lipinski definition) is 1. The van der Waals surface area contributed by atoms with E-state index in [1.165, 1.54) is 4.31 Å². The second kappa shape index (κ2) is 8.73. The molecule has 0 bridgehead atoms. The maximum absolute atomic E-state index is 12.5. The lowest BCUT2D eigenvalue weighted by Gasteiger charge is -2.29. The molecule has 0 saturated heterocycles. The summed E-state index contributed by atoms with van der Waals surface area (Å²) in [6.45, 7) is 0.765. The Labute approximate surface area is 153 Å². The van der Waals surface area contributed by atoms with Gasteiger partial charge in [-0.25, -0.2) is 8.42 Å². The highest BCUT2D eigenvalue weighted by molar-refractivity contribution is 7.89. The fraction of sp³-hybridized carbons (Fsp3) is 0.562. The molecule has 0 saturated carbocycles. The lowest BCUT2D eigenvalue weighted by Crippen LogP contribution is -2.40. The number of alkyl halides is 1. The first-order valence-corrected chi connectivity index (χ1v) is 10.1. The largest absolute Gasteiger partial charge is 0.493 e. The lowest BCUT2D eigenvalue weighted by molar-refractivity contribution is -0.120. The van der Waals surface area contributed by atoms with Crippen molar-refractivity contribution in [3.05, 3.63) is 23.3 Å². The van der Waals surface area contributed by atoms with Gasteiger partial charge in [-0.1, -0.05) is 0 Å². The normalized spacial score (nSPS) is 14.7. The van der Waals surface area contributed by atoms with Gasteiger partial charge in [0.15, 0.2) is 11.5 Å². The number of nitrogens with one attached hydrogen (secondary N) is 1. The first kappa shape index (κ1) is 19.8. The summed E-state index contributed by atoms with van der Waals surface area (Å²) in [7, 11) is -0.340. The fourth-order valence-corrected chi connectivity index (χ4v) is 4.21. The minimum absolute atomic E-state index is 0.0767. The molecule has 1 aromatic carbocycles. The van der Waals surface area contributed by atoms with E-state index >= 15 is 0 Å². The molecular weight excluding hydrogens is 368 g/mol. The third-order valence-corrected chi connectivity index (χ3v) is 6.09. The minimum atomic E-state index is -3.46. The van der Waals surface area contributed by atoms with Gasteiger partial charge in [-0.3, -0.25) is 4.79 Å². The Kier molecular flexibility index (Phi) is 6.92. The number of benzene rings is 1. The Balaban J connectivity index is 2.04. The van der Waals surface area contributed by atoms with Gasteiger partial charge in [0.2, 0.25) is 15.9 Å². The van der Waals surface area contributed by atoms with Crippen molar-refractivity contribution in [2.24, 2.45) is 0 Å². The highest BCUT2D eigenvalue weighted by Crippen LogP contribution is 2.33. The van der Waals surface area contributed by atoms with Crippen LogP contribution in [-0.4, -0.2) is 57.6 Å². The van der Waals surface area contributed by atoms with Crippen molar-refractivity contribution in [3.63, 3.8) is 0 Å². The number of halogens is 1. The van der Waals surface area contributed by atoms with E-state index in [0.717, 1.165) is 11.1 Å². The van der Waals surface area contributed by atoms with E-state index in [2.05, 4.69) is 5.32 Å². The van der Waals surface area contributed by atoms with Crippen molar-refractivity contribution in [2.45, 2.75) is 19.4 Å². The molecule has 0 radical (unpaired) electrons. The molecule has 140 valence electrons. The van der Waals surface area contributed by atoms with E-state index in [1.807, 2.05) is 12.1 Å². The van der Waals surface area contributed by atoms with Crippen LogP contribution >= 0.6 is 11.6 Å². The molecule has 9 heteroatoms. The van der Waals surface area contributed by atoms with Gasteiger partial charge in [0.1, 0.15) is 0 Å². The van der Waals surface area contributed by atoms with Crippen LogP contribution in [-0.2, 0) is 27.8 Å². The number of ether oxygens (including phenoxy) is 2. The first-order chi connectivity index (χ1) is 11.9. The monoisotopic (exact) mass is 390 g/mol. The molecule has 1 aliphatic heterocycles. The Hall–Kier alpha value is -1.51. The molecule has 0 aromatic heterocycles. The van der Waals surface area contributed by atoms with Crippen LogP contribution in [0.4, 0.5) is 0 Å². The van der Waals surface area contributed by atoms with Crippen molar-refractivity contribution >= 4 is 27.5 Å². The van der Waals surface area contributed by atoms with Crippen LogP contribution in [0.15, 0.2) is 12.1 Å². The minimum Gasteiger partial charge on any atom is -0.493 e. The van der Waals surface area contributed by atoms with Crippen LogP contribution in [0, 0.1) is 0 Å². The van der Waals surface area contributed by atoms with Crippen LogP contribution in [0.5, 0.6) is 11.5 Å². The van der Waals surface area contributed by atoms with Gasteiger partial charge in [0, 0.05) is 31.9 Å². The van der Waals surface area contributed by atoms with Crippen LogP contribution in [0.25, 0.3) is 0 Å². The third-order valence-electron chi connectivity index (χ3n) is 4.08. The SMILES string of the molecule is COc1cc2c(cc1OC)CN(S(=O)(=O)CCNC(=O)CCCl)CC2. The number of amides is 1. The number of fused-ring (bicyclic) bond motifs is 1. The van der Waals surface area contributed by atoms with Crippen molar-refractivity contribution in [2.75, 3.05) is 38.9 Å². The fourth-order valence-electron chi connectivity index (χ4n) is 2.72. The summed E-state index contributed by atoms with van der Waals surface area (Å²) in [5, 5.41) is 2.57. The van der Waals surface area contributed by atoms with Gasteiger partial charge in [0.05, 0.1) is 20.0 Å². The smallest absolute Gasteiger partial charge is 0.221 e. The van der Waals surface area contributed by atoms with Crippen molar-refractivity contribution in [3.8, 4) is 11.5 Å². The molecule has 1 heterocycles. The molecule has 1 aliphatic rings. The molecule has 0 atom stereocenters. The van der Waals surface area contributed by atoms with Gasteiger partial charge >= 0.3 is 0 Å². The van der Waals surface area contributed by atoms with Crippen molar-refractivity contribution < 1.29 is 22.7 Å². The number of methoxy groups -OCH3 is 2. The topological polar surface area (TPSA) is 84.9 Å². The molecule has 0 aliphatic carbocycles. The van der Waals surface area contributed by atoms with Gasteiger partial charge in [-0.15, -0.1) is 11.6 Å². The van der Waals surface area contributed by atoms with E-state index in [4.69, 9.17) is 21.1 Å². The molecule has 0 unspecified atom stereocenters. The number of rotatable bonds is 8. The lowest BCUT2D eigenvalue weighted by atomic mass is 10.0. The molecule has 1 amide bonds. The van der Waals surface area contributed by atoms with Crippen LogP contribution in [0.2, 0.25) is 0 Å². The Morgan fingerprint density at radius 3 is 2.48 bits per heavy atom. The molecule has 25 heavy (non-hydrogen) atoms. The van der Waals surface area contributed by atoms with Gasteiger partial charge in [0.25, 0.3) is 0 Å². The second-order valence-corrected chi connectivity index (χ2v) is 8.13. The van der Waals surface area contributed by atoms with Crippen LogP contribution in [0.3, 0.4) is 0 Å². The van der Waals surface area contributed by atoms with Crippen LogP contribution in [0.1, 0.15) is 17.5 Å². The average molecular weight is 391 g/mol. The average Bonchev–Trinajstić information content (AvgIpc) is 2.60. The zero-order valence-electron chi connectivity index (χ0n) is 14.4. The molecular formula is C16H23ClN2O5S. The maximum Gasteiger partial charge on any atom is 0.221 e. The van der Waals surface area contributed by atoms with E-state index in [9.17, 15) is 13.2 Å². The predicted octanol–water partition coefficient (Wildman–Crippen LogP) is 1.14. The van der Waals surface area contributed by atoms with Gasteiger partial charge < -0.3 is 14.8 Å². The number of carbonyl (C=O) groups is 1. The predicted molar refractivity (Wildman–Crippen MR) is 95.8 cm³/mol. The molecule has 7 nitrogen and oxygen atoms in total. The standard InChI is InChI=1S/C16H23ClN2O5S/c1-23-14-9-12-4-7-19(11-13(12)10-15(14)24-2)25(21,22)8-6-18-16(20)3-5-17/h9-10H,3-8,11H2,1-2H3,(H,18,20). The molecule has 1 aromatic rings. The summed E-state index contributed by atoms with van der Waals surface area (Å²) in [5.41, 5.74) is 1.96. The molecule has 1 N–H and O–H groups in total. The highest BCUT2D eigenvalue weighted by atomic mass is 35.5. The van der Waals surface area contributed by atoms with Crippen molar-refractivity contribution in [1.82, 2.24) is 9.62 Å². The molecule has 0 spiro atoms. The summed E-state index contributed by atoms with van der Waals surface area (Å²) in [5.74, 6) is 1.05. The van der Waals surface area contributed by atoms with Crippen molar-refractivity contribution in [1.29, 1.82) is 0 Å². The quantitative estimate of drug-likeness (QED) is 0.673. The van der Waals surface area contributed by atoms with E-state index in [0.29, 0.717) is 24.5 Å². The number of hydrogen-bond acceptors (Lipinski definition) is 5. The maximum atomic E-state index is 12.5. The Bertz CT molecular complexity index is 723. The van der Waals surface area contributed by atoms with E-state index < -0.39 is 10.0 Å². The zero-order chi connectivity index (χ0) is 18.4. The first-order valence-electron chi connectivity index (χ1n) is 7.95. The second-order valence-electron chi connectivity index (χ2n) is 5.66. The zero-order valence-corrected chi connectivity index (χ0v) is 16.0. The summed E-state index contributed by atoms with van der Waals surface area (Å²) in [4.78, 5) is 11.4. The Morgan fingerprint density at radius 2 is 1.88 bits per heavy atom. The summed E-state index contributed by atoms with van der Waals surface area (Å²) >= 11 is 5.47. The molecule has 2 rings (SSSR count). The third kappa shape index (κ3) is 4.99. The Morgan fingerprint density at radius 1 is 1.24 bits per heavy atom. The van der Waals surface area contributed by atoms with E-state index in [-0.39, 0.29) is 37.1 Å². The van der Waals surface area contributed by atoms with Crippen LogP contribution < -0.4 is 14.8 Å².